The largest absolute Gasteiger partial charge is 0.466 e. The molecule has 1 aromatic heterocycles. The highest BCUT2D eigenvalue weighted by Gasteiger charge is 1.82. The Hall–Kier alpha value is -0.990. The van der Waals surface area contributed by atoms with Crippen molar-refractivity contribution < 1.29 is 9.52 Å². The van der Waals surface area contributed by atoms with Crippen molar-refractivity contribution in [3.05, 3.63) is 12.5 Å². The molecule has 31 valence electrons. The Morgan fingerprint density at radius 3 is 3.00 bits per heavy atom. The third-order valence-electron chi connectivity index (χ3n) is 0.378. The van der Waals surface area contributed by atoms with E-state index in [1.807, 2.05) is 0 Å². The fourth-order valence-corrected chi connectivity index (χ4v) is 0.187. The van der Waals surface area contributed by atoms with E-state index < -0.39 is 0 Å². The van der Waals surface area contributed by atoms with Crippen LogP contribution < -0.4 is 0 Å². The van der Waals surface area contributed by atoms with Crippen molar-refractivity contribution in [3.8, 4) is 6.08 Å². The number of nitrogens with zero attached hydrogens (tertiary/aromatic N) is 1. The lowest BCUT2D eigenvalue weighted by atomic mass is 11.0. The van der Waals surface area contributed by atoms with Gasteiger partial charge in [-0.1, -0.05) is 0 Å². The van der Waals surface area contributed by atoms with E-state index in [9.17, 15) is 0 Å². The molecular weight excluding hydrogens is 82.0 g/mol. The molecule has 1 rings (SSSR count). The average Bonchev–Trinajstić information content (AvgIpc) is 1.86. The second kappa shape index (κ2) is 1.01. The third-order valence-corrected chi connectivity index (χ3v) is 0.378. The van der Waals surface area contributed by atoms with Crippen molar-refractivity contribution in [2.24, 2.45) is 0 Å². The highest BCUT2D eigenvalue weighted by atomic mass is 16.5. The van der Waals surface area contributed by atoms with Crippen LogP contribution in [0.5, 0.6) is 6.08 Å². The van der Waals surface area contributed by atoms with E-state index in [0.717, 1.165) is 0 Å². The summed E-state index contributed by atoms with van der Waals surface area (Å²) < 4.78 is 4.15. The van der Waals surface area contributed by atoms with E-state index in [1.54, 1.807) is 0 Å². The molecule has 3 heteroatoms. The maximum absolute atomic E-state index is 8.16. The van der Waals surface area contributed by atoms with Crippen LogP contribution in [0.15, 0.2) is 10.6 Å². The van der Waals surface area contributed by atoms with E-state index in [0.29, 0.717) is 0 Å². The number of aromatic nitrogens is 1. The monoisotopic (exact) mass is 84.0 g/mol. The maximum atomic E-state index is 8.16. The zero-order chi connectivity index (χ0) is 4.41. The molecule has 0 aliphatic heterocycles. The SMILES string of the molecule is Oc1nc[c]o1. The van der Waals surface area contributed by atoms with Gasteiger partial charge in [0.15, 0.2) is 6.26 Å². The Bertz CT molecular complexity index is 112. The maximum Gasteiger partial charge on any atom is 0.391 e. The van der Waals surface area contributed by atoms with Crippen LogP contribution in [0.25, 0.3) is 0 Å². The van der Waals surface area contributed by atoms with E-state index in [-0.39, 0.29) is 6.08 Å². The van der Waals surface area contributed by atoms with Gasteiger partial charge >= 0.3 is 6.08 Å². The molecule has 1 heterocycles. The Balaban J connectivity index is 3.05. The molecule has 0 atom stereocenters. The minimum atomic E-state index is -0.338. The smallest absolute Gasteiger partial charge is 0.391 e. The standard InChI is InChI=1S/C3H2NO2/c5-3-4-1-2-6-3/h1H,(H,4,5). The van der Waals surface area contributed by atoms with Crippen LogP contribution in [0.3, 0.4) is 0 Å². The first-order valence-electron chi connectivity index (χ1n) is 1.40. The van der Waals surface area contributed by atoms with Crippen molar-refractivity contribution in [1.29, 1.82) is 0 Å². The van der Waals surface area contributed by atoms with E-state index >= 15 is 0 Å². The van der Waals surface area contributed by atoms with Crippen LogP contribution in [0.1, 0.15) is 0 Å². The first kappa shape index (κ1) is 3.21. The molecule has 0 fully saturated rings. The lowest BCUT2D eigenvalue weighted by Gasteiger charge is -1.66. The highest BCUT2D eigenvalue weighted by molar-refractivity contribution is 4.78. The molecule has 0 aliphatic rings. The van der Waals surface area contributed by atoms with Gasteiger partial charge in [0.05, 0.1) is 6.20 Å². The van der Waals surface area contributed by atoms with E-state index in [2.05, 4.69) is 15.7 Å². The predicted molar refractivity (Wildman–Crippen MR) is 17.0 cm³/mol. The number of oxazole rings is 1. The first-order valence-corrected chi connectivity index (χ1v) is 1.40. The zero-order valence-electron chi connectivity index (χ0n) is 2.88. The summed E-state index contributed by atoms with van der Waals surface area (Å²) in [4.78, 5) is 3.25. The topological polar surface area (TPSA) is 46.3 Å². The summed E-state index contributed by atoms with van der Waals surface area (Å²) in [5.41, 5.74) is 0. The van der Waals surface area contributed by atoms with Crippen LogP contribution >= 0.6 is 0 Å². The van der Waals surface area contributed by atoms with E-state index in [1.165, 1.54) is 6.20 Å². The lowest BCUT2D eigenvalue weighted by Crippen LogP contribution is -1.51. The van der Waals surface area contributed by atoms with Gasteiger partial charge in [-0.25, -0.2) is 0 Å². The van der Waals surface area contributed by atoms with Crippen molar-refractivity contribution in [3.63, 3.8) is 0 Å². The normalized spacial score (nSPS) is 8.67. The molecule has 1 aromatic rings. The second-order valence-corrected chi connectivity index (χ2v) is 0.761. The van der Waals surface area contributed by atoms with Gasteiger partial charge < -0.3 is 9.52 Å². The van der Waals surface area contributed by atoms with Crippen LogP contribution in [-0.2, 0) is 0 Å². The number of aromatic hydroxyl groups is 1. The summed E-state index contributed by atoms with van der Waals surface area (Å²) in [6.07, 6.45) is 3.10. The Morgan fingerprint density at radius 2 is 2.83 bits per heavy atom. The van der Waals surface area contributed by atoms with Gasteiger partial charge in [-0.05, 0) is 0 Å². The summed E-state index contributed by atoms with van der Waals surface area (Å²) in [6, 6.07) is 0. The Labute approximate surface area is 34.2 Å². The molecular formula is C3H2NO2. The van der Waals surface area contributed by atoms with Crippen molar-refractivity contribution >= 4 is 0 Å². The molecule has 1 N–H and O–H groups in total. The molecule has 0 aliphatic carbocycles. The summed E-state index contributed by atoms with van der Waals surface area (Å²) in [6.45, 7) is 0. The summed E-state index contributed by atoms with van der Waals surface area (Å²) >= 11 is 0. The first-order chi connectivity index (χ1) is 2.89. The number of rotatable bonds is 0. The van der Waals surface area contributed by atoms with Gasteiger partial charge in [0.25, 0.3) is 0 Å². The average molecular weight is 84.1 g/mol. The minimum Gasteiger partial charge on any atom is -0.466 e. The van der Waals surface area contributed by atoms with Gasteiger partial charge in [0.2, 0.25) is 0 Å². The van der Waals surface area contributed by atoms with Crippen LogP contribution in [-0.4, -0.2) is 10.1 Å². The third kappa shape index (κ3) is 0.337. The predicted octanol–water partition coefficient (Wildman–Crippen LogP) is 0.180. The zero-order valence-corrected chi connectivity index (χ0v) is 2.88. The molecule has 0 saturated carbocycles. The summed E-state index contributed by atoms with van der Waals surface area (Å²) in [5, 5.41) is 8.16. The van der Waals surface area contributed by atoms with Crippen molar-refractivity contribution in [1.82, 2.24) is 4.98 Å². The second-order valence-electron chi connectivity index (χ2n) is 0.761. The van der Waals surface area contributed by atoms with Gasteiger partial charge in [-0.2, -0.15) is 4.98 Å². The Morgan fingerprint density at radius 1 is 2.00 bits per heavy atom. The molecule has 0 bridgehead atoms. The van der Waals surface area contributed by atoms with Gasteiger partial charge in [-0.15, -0.1) is 0 Å². The van der Waals surface area contributed by atoms with Crippen molar-refractivity contribution in [2.45, 2.75) is 0 Å². The van der Waals surface area contributed by atoms with Gasteiger partial charge in [0.1, 0.15) is 0 Å². The van der Waals surface area contributed by atoms with Crippen molar-refractivity contribution in [2.75, 3.05) is 0 Å². The van der Waals surface area contributed by atoms with E-state index in [4.69, 9.17) is 5.11 Å². The number of hydrogen-bond acceptors (Lipinski definition) is 3. The molecule has 1 radical (unpaired) electrons. The van der Waals surface area contributed by atoms with Gasteiger partial charge in [-0.3, -0.25) is 0 Å². The minimum absolute atomic E-state index is 0.338. The van der Waals surface area contributed by atoms with Crippen LogP contribution in [0.4, 0.5) is 0 Å². The molecule has 0 amide bonds. The molecule has 0 aromatic carbocycles. The number of hydrogen-bond donors (Lipinski definition) is 1. The molecule has 3 nitrogen and oxygen atoms in total. The molecule has 0 unspecified atom stereocenters. The van der Waals surface area contributed by atoms with Crippen LogP contribution in [0.2, 0.25) is 0 Å². The van der Waals surface area contributed by atoms with Gasteiger partial charge in [0, 0.05) is 0 Å². The fourth-order valence-electron chi connectivity index (χ4n) is 0.187. The quantitative estimate of drug-likeness (QED) is 0.487. The molecule has 6 heavy (non-hydrogen) atoms. The lowest BCUT2D eigenvalue weighted by molar-refractivity contribution is 0.313. The molecule has 0 saturated heterocycles. The molecule has 0 spiro atoms. The summed E-state index contributed by atoms with van der Waals surface area (Å²) in [5.74, 6) is 0. The highest BCUT2D eigenvalue weighted by Crippen LogP contribution is 1.97. The van der Waals surface area contributed by atoms with Crippen LogP contribution in [0, 0.1) is 6.26 Å². The summed E-state index contributed by atoms with van der Waals surface area (Å²) in [7, 11) is 0. The Kier molecular flexibility index (Phi) is 0.538. The fraction of sp³-hybridized carbons (Fsp3) is 0.